The number of carbonyl (C=O) groups is 2. The molecule has 0 spiro atoms. The maximum atomic E-state index is 11.3. The summed E-state index contributed by atoms with van der Waals surface area (Å²) in [5, 5.41) is 0. The number of hydrogen-bond donors (Lipinski definition) is 0. The molecular weight excluding hydrogens is 402 g/mol. The van der Waals surface area contributed by atoms with E-state index >= 15 is 0 Å². The van der Waals surface area contributed by atoms with Gasteiger partial charge < -0.3 is 9.47 Å². The zero-order chi connectivity index (χ0) is 10.6. The number of carbonyl (C=O) groups excluding carboxylic acids is 2. The Labute approximate surface area is 104 Å². The van der Waals surface area contributed by atoms with Crippen LogP contribution in [-0.2, 0) is 19.1 Å². The van der Waals surface area contributed by atoms with Crippen molar-refractivity contribution in [3.8, 4) is 0 Å². The predicted molar refractivity (Wildman–Crippen MR) is 64.0 cm³/mol. The van der Waals surface area contributed by atoms with Gasteiger partial charge in [-0.2, -0.15) is 0 Å². The molecule has 0 saturated heterocycles. The number of esters is 2. The zero-order valence-corrected chi connectivity index (χ0v) is 11.8. The summed E-state index contributed by atoms with van der Waals surface area (Å²) in [5.41, 5.74) is -1.23. The standard InChI is InChI=1S/C7H10I2O4/c1-7(4(8)9,5(10)12-2)6(11)13-3/h4H,1-3H3. The molecule has 0 heterocycles. The van der Waals surface area contributed by atoms with Crippen molar-refractivity contribution in [2.45, 2.75) is 8.86 Å². The third-order valence-electron chi connectivity index (χ3n) is 1.66. The van der Waals surface area contributed by atoms with Gasteiger partial charge in [0.1, 0.15) is 0 Å². The smallest absolute Gasteiger partial charge is 0.324 e. The van der Waals surface area contributed by atoms with E-state index in [0.29, 0.717) is 0 Å². The van der Waals surface area contributed by atoms with Crippen molar-refractivity contribution in [3.05, 3.63) is 0 Å². The molecule has 0 aliphatic rings. The normalized spacial score (nSPS) is 11.2. The summed E-state index contributed by atoms with van der Waals surface area (Å²) in [7, 11) is 2.50. The molecule has 0 aliphatic carbocycles. The van der Waals surface area contributed by atoms with Gasteiger partial charge in [-0.25, -0.2) is 0 Å². The Balaban J connectivity index is 4.94. The van der Waals surface area contributed by atoms with E-state index in [9.17, 15) is 9.59 Å². The summed E-state index contributed by atoms with van der Waals surface area (Å²) in [6.07, 6.45) is 0. The highest BCUT2D eigenvalue weighted by molar-refractivity contribution is 14.2. The maximum Gasteiger partial charge on any atom is 0.324 e. The molecule has 0 amide bonds. The van der Waals surface area contributed by atoms with Crippen LogP contribution in [0.25, 0.3) is 0 Å². The Morgan fingerprint density at radius 1 is 1.15 bits per heavy atom. The summed E-state index contributed by atoms with van der Waals surface area (Å²) >= 11 is 3.97. The van der Waals surface area contributed by atoms with Gasteiger partial charge in [0.15, 0.2) is 5.41 Å². The second-order valence-corrected chi connectivity index (χ2v) is 7.36. The molecule has 76 valence electrons. The van der Waals surface area contributed by atoms with Gasteiger partial charge in [-0.05, 0) is 6.92 Å². The fourth-order valence-corrected chi connectivity index (χ4v) is 1.70. The van der Waals surface area contributed by atoms with Crippen LogP contribution in [0.1, 0.15) is 6.92 Å². The van der Waals surface area contributed by atoms with Crippen molar-refractivity contribution in [1.82, 2.24) is 0 Å². The lowest BCUT2D eigenvalue weighted by atomic mass is 9.94. The highest BCUT2D eigenvalue weighted by Gasteiger charge is 2.48. The monoisotopic (exact) mass is 412 g/mol. The Hall–Kier alpha value is 0.400. The Kier molecular flexibility index (Phi) is 5.49. The Morgan fingerprint density at radius 3 is 1.62 bits per heavy atom. The van der Waals surface area contributed by atoms with Gasteiger partial charge in [-0.3, -0.25) is 9.59 Å². The fourth-order valence-electron chi connectivity index (χ4n) is 0.686. The van der Waals surface area contributed by atoms with Crippen LogP contribution in [0.3, 0.4) is 0 Å². The zero-order valence-electron chi connectivity index (χ0n) is 7.47. The van der Waals surface area contributed by atoms with Crippen LogP contribution in [0.4, 0.5) is 0 Å². The molecule has 0 N–H and O–H groups in total. The van der Waals surface area contributed by atoms with E-state index in [1.165, 1.54) is 21.1 Å². The summed E-state index contributed by atoms with van der Waals surface area (Å²) in [4.78, 5) is 22.7. The van der Waals surface area contributed by atoms with E-state index in [1.807, 2.05) is 45.2 Å². The largest absolute Gasteiger partial charge is 0.468 e. The average Bonchev–Trinajstić information content (AvgIpc) is 2.13. The molecule has 0 aliphatic heterocycles. The van der Waals surface area contributed by atoms with E-state index in [2.05, 4.69) is 9.47 Å². The Bertz CT molecular complexity index is 199. The SMILES string of the molecule is COC(=O)C(C)(C(=O)OC)C(I)I. The third-order valence-corrected chi connectivity index (χ3v) is 4.15. The first-order valence-electron chi connectivity index (χ1n) is 3.36. The van der Waals surface area contributed by atoms with Crippen molar-refractivity contribution in [1.29, 1.82) is 0 Å². The van der Waals surface area contributed by atoms with Crippen LogP contribution in [0.2, 0.25) is 0 Å². The minimum Gasteiger partial charge on any atom is -0.468 e. The molecule has 6 heteroatoms. The van der Waals surface area contributed by atoms with E-state index < -0.39 is 17.4 Å². The van der Waals surface area contributed by atoms with Crippen molar-refractivity contribution in [3.63, 3.8) is 0 Å². The van der Waals surface area contributed by atoms with Gasteiger partial charge in [-0.1, -0.05) is 45.2 Å². The predicted octanol–water partition coefficient (Wildman–Crippen LogP) is 1.53. The van der Waals surface area contributed by atoms with E-state index in [-0.39, 0.29) is 1.93 Å². The molecule has 0 aromatic carbocycles. The van der Waals surface area contributed by atoms with Crippen LogP contribution in [0, 0.1) is 5.41 Å². The summed E-state index contributed by atoms with van der Waals surface area (Å²) in [6, 6.07) is 0. The molecule has 13 heavy (non-hydrogen) atoms. The van der Waals surface area contributed by atoms with E-state index in [1.54, 1.807) is 0 Å². The van der Waals surface area contributed by atoms with Crippen LogP contribution < -0.4 is 0 Å². The first kappa shape index (κ1) is 13.4. The lowest BCUT2D eigenvalue weighted by Gasteiger charge is -2.24. The highest BCUT2D eigenvalue weighted by Crippen LogP contribution is 2.35. The first-order chi connectivity index (χ1) is 5.91. The van der Waals surface area contributed by atoms with Gasteiger partial charge in [0.2, 0.25) is 0 Å². The van der Waals surface area contributed by atoms with Crippen LogP contribution in [0.15, 0.2) is 0 Å². The molecule has 0 unspecified atom stereocenters. The first-order valence-corrected chi connectivity index (χ1v) is 5.85. The molecular formula is C7H10I2O4. The van der Waals surface area contributed by atoms with Crippen LogP contribution >= 0.6 is 45.2 Å². The molecule has 0 aromatic rings. The summed E-state index contributed by atoms with van der Waals surface area (Å²) < 4.78 is 8.88. The second-order valence-electron chi connectivity index (χ2n) is 2.49. The molecule has 0 rings (SSSR count). The van der Waals surface area contributed by atoms with Crippen molar-refractivity contribution >= 4 is 57.1 Å². The molecule has 0 fully saturated rings. The van der Waals surface area contributed by atoms with E-state index in [4.69, 9.17) is 0 Å². The van der Waals surface area contributed by atoms with Gasteiger partial charge >= 0.3 is 11.9 Å². The second kappa shape index (κ2) is 5.32. The molecule has 4 nitrogen and oxygen atoms in total. The molecule has 0 atom stereocenters. The number of halogens is 2. The quantitative estimate of drug-likeness (QED) is 0.306. The molecule has 0 aromatic heterocycles. The topological polar surface area (TPSA) is 52.6 Å². The van der Waals surface area contributed by atoms with Crippen molar-refractivity contribution < 1.29 is 19.1 Å². The van der Waals surface area contributed by atoms with Gasteiger partial charge in [0, 0.05) is 0 Å². The number of alkyl halides is 2. The number of ether oxygens (including phenoxy) is 2. The lowest BCUT2D eigenvalue weighted by Crippen LogP contribution is -2.43. The Morgan fingerprint density at radius 2 is 1.46 bits per heavy atom. The molecule has 0 saturated carbocycles. The molecule has 0 bridgehead atoms. The van der Waals surface area contributed by atoms with Gasteiger partial charge in [0.25, 0.3) is 0 Å². The van der Waals surface area contributed by atoms with E-state index in [0.717, 1.165) is 0 Å². The summed E-state index contributed by atoms with van der Waals surface area (Å²) in [5.74, 6) is -1.15. The van der Waals surface area contributed by atoms with Crippen molar-refractivity contribution in [2.24, 2.45) is 5.41 Å². The van der Waals surface area contributed by atoms with Crippen molar-refractivity contribution in [2.75, 3.05) is 14.2 Å². The number of hydrogen-bond acceptors (Lipinski definition) is 4. The fraction of sp³-hybridized carbons (Fsp3) is 0.714. The molecule has 0 radical (unpaired) electrons. The number of rotatable bonds is 3. The van der Waals surface area contributed by atoms with Crippen LogP contribution in [-0.4, -0.2) is 28.1 Å². The van der Waals surface area contributed by atoms with Gasteiger partial charge in [-0.15, -0.1) is 0 Å². The minimum atomic E-state index is -1.23. The van der Waals surface area contributed by atoms with Crippen LogP contribution in [0.5, 0.6) is 0 Å². The average molecular weight is 412 g/mol. The summed E-state index contributed by atoms with van der Waals surface area (Å²) in [6.45, 7) is 1.51. The highest BCUT2D eigenvalue weighted by atomic mass is 127. The van der Waals surface area contributed by atoms with Gasteiger partial charge in [0.05, 0.1) is 16.2 Å². The number of methoxy groups -OCH3 is 2. The lowest BCUT2D eigenvalue weighted by molar-refractivity contribution is -0.165. The third kappa shape index (κ3) is 2.67. The maximum absolute atomic E-state index is 11.3. The minimum absolute atomic E-state index is 0.220.